The third-order valence-electron chi connectivity index (χ3n) is 2.25. The van der Waals surface area contributed by atoms with Crippen molar-refractivity contribution in [3.63, 3.8) is 0 Å². The Morgan fingerprint density at radius 2 is 2.31 bits per heavy atom. The quantitative estimate of drug-likeness (QED) is 0.779. The van der Waals surface area contributed by atoms with E-state index in [0.717, 1.165) is 17.7 Å². The Labute approximate surface area is 94.8 Å². The van der Waals surface area contributed by atoms with Crippen LogP contribution in [0.1, 0.15) is 22.8 Å². The van der Waals surface area contributed by atoms with Gasteiger partial charge in [-0.25, -0.2) is 0 Å². The molecule has 16 heavy (non-hydrogen) atoms. The zero-order chi connectivity index (χ0) is 12.0. The minimum atomic E-state index is -0.237. The lowest BCUT2D eigenvalue weighted by Crippen LogP contribution is -2.23. The van der Waals surface area contributed by atoms with E-state index in [4.69, 9.17) is 10.00 Å². The van der Waals surface area contributed by atoms with Crippen molar-refractivity contribution in [2.75, 3.05) is 13.7 Å². The molecule has 0 fully saturated rings. The number of hydrogen-bond donors (Lipinski definition) is 1. The Kier molecular flexibility index (Phi) is 4.34. The molecule has 0 aromatic heterocycles. The van der Waals surface area contributed by atoms with Crippen molar-refractivity contribution in [2.24, 2.45) is 0 Å². The number of carbonyl (C=O) groups excluding carboxylic acids is 1. The molecule has 1 aromatic rings. The van der Waals surface area contributed by atoms with Crippen LogP contribution in [-0.2, 0) is 6.42 Å². The standard InChI is InChI=1S/C12H14N2O2/c1-3-9-8-10(4-5-11(9)16-2)12(15)14-7-6-13/h4-5,8H,3,7H2,1-2H3,(H,14,15). The fourth-order valence-corrected chi connectivity index (χ4v) is 1.42. The highest BCUT2D eigenvalue weighted by atomic mass is 16.5. The van der Waals surface area contributed by atoms with Gasteiger partial charge in [0.2, 0.25) is 0 Å². The SMILES string of the molecule is CCc1cc(C(=O)NCC#N)ccc1OC. The number of hydrogen-bond acceptors (Lipinski definition) is 3. The molecule has 1 N–H and O–H groups in total. The van der Waals surface area contributed by atoms with Crippen LogP contribution in [0.2, 0.25) is 0 Å². The molecular formula is C12H14N2O2. The Bertz CT molecular complexity index is 422. The molecular weight excluding hydrogens is 204 g/mol. The molecule has 0 aliphatic rings. The highest BCUT2D eigenvalue weighted by molar-refractivity contribution is 5.94. The zero-order valence-electron chi connectivity index (χ0n) is 9.41. The Hall–Kier alpha value is -2.02. The molecule has 0 aliphatic carbocycles. The van der Waals surface area contributed by atoms with Gasteiger partial charge in [0, 0.05) is 5.56 Å². The van der Waals surface area contributed by atoms with Crippen LogP contribution in [0.3, 0.4) is 0 Å². The van der Waals surface area contributed by atoms with E-state index in [-0.39, 0.29) is 12.5 Å². The highest BCUT2D eigenvalue weighted by Gasteiger charge is 2.08. The Morgan fingerprint density at radius 1 is 1.56 bits per heavy atom. The number of ether oxygens (including phenoxy) is 1. The van der Waals surface area contributed by atoms with Crippen LogP contribution >= 0.6 is 0 Å². The van der Waals surface area contributed by atoms with E-state index in [1.807, 2.05) is 13.0 Å². The van der Waals surface area contributed by atoms with Gasteiger partial charge in [-0.15, -0.1) is 0 Å². The van der Waals surface area contributed by atoms with E-state index < -0.39 is 0 Å². The maximum absolute atomic E-state index is 11.6. The number of nitrogens with one attached hydrogen (secondary N) is 1. The van der Waals surface area contributed by atoms with Crippen LogP contribution in [0, 0.1) is 11.3 Å². The number of methoxy groups -OCH3 is 1. The van der Waals surface area contributed by atoms with Gasteiger partial charge in [0.1, 0.15) is 12.3 Å². The third-order valence-corrected chi connectivity index (χ3v) is 2.25. The van der Waals surface area contributed by atoms with Crippen LogP contribution in [0.15, 0.2) is 18.2 Å². The van der Waals surface area contributed by atoms with Crippen molar-refractivity contribution in [2.45, 2.75) is 13.3 Å². The molecule has 0 atom stereocenters. The summed E-state index contributed by atoms with van der Waals surface area (Å²) in [5.74, 6) is 0.540. The molecule has 0 radical (unpaired) electrons. The molecule has 0 saturated carbocycles. The number of benzene rings is 1. The van der Waals surface area contributed by atoms with Gasteiger partial charge in [0.15, 0.2) is 0 Å². The molecule has 1 aromatic carbocycles. The van der Waals surface area contributed by atoms with E-state index in [1.165, 1.54) is 0 Å². The Balaban J connectivity index is 2.91. The van der Waals surface area contributed by atoms with E-state index in [1.54, 1.807) is 25.3 Å². The molecule has 0 spiro atoms. The number of nitrogens with zero attached hydrogens (tertiary/aromatic N) is 1. The van der Waals surface area contributed by atoms with E-state index in [0.29, 0.717) is 5.56 Å². The minimum absolute atomic E-state index is 0.0202. The highest BCUT2D eigenvalue weighted by Crippen LogP contribution is 2.20. The molecule has 0 bridgehead atoms. The van der Waals surface area contributed by atoms with Gasteiger partial charge < -0.3 is 10.1 Å². The van der Waals surface area contributed by atoms with Crippen LogP contribution in [-0.4, -0.2) is 19.6 Å². The number of amides is 1. The van der Waals surface area contributed by atoms with Crippen molar-refractivity contribution in [1.82, 2.24) is 5.32 Å². The van der Waals surface area contributed by atoms with Crippen LogP contribution in [0.25, 0.3) is 0 Å². The largest absolute Gasteiger partial charge is 0.496 e. The second-order valence-electron chi connectivity index (χ2n) is 3.22. The molecule has 0 saturated heterocycles. The summed E-state index contributed by atoms with van der Waals surface area (Å²) in [5.41, 5.74) is 1.53. The molecule has 1 rings (SSSR count). The van der Waals surface area contributed by atoms with Gasteiger partial charge in [-0.1, -0.05) is 6.92 Å². The summed E-state index contributed by atoms with van der Waals surface area (Å²) in [6, 6.07) is 7.10. The number of nitriles is 1. The first-order valence-electron chi connectivity index (χ1n) is 5.05. The maximum Gasteiger partial charge on any atom is 0.252 e. The van der Waals surface area contributed by atoms with Gasteiger partial charge in [0.05, 0.1) is 13.2 Å². The van der Waals surface area contributed by atoms with Crippen molar-refractivity contribution in [3.8, 4) is 11.8 Å². The molecule has 0 heterocycles. The normalized spacial score (nSPS) is 9.31. The van der Waals surface area contributed by atoms with Gasteiger partial charge in [-0.05, 0) is 30.2 Å². The molecule has 84 valence electrons. The minimum Gasteiger partial charge on any atom is -0.496 e. The first-order valence-corrected chi connectivity index (χ1v) is 5.05. The predicted octanol–water partition coefficient (Wildman–Crippen LogP) is 1.51. The second-order valence-corrected chi connectivity index (χ2v) is 3.22. The molecule has 4 heteroatoms. The lowest BCUT2D eigenvalue weighted by Gasteiger charge is -2.08. The predicted molar refractivity (Wildman–Crippen MR) is 60.3 cm³/mol. The van der Waals surface area contributed by atoms with Crippen molar-refractivity contribution in [3.05, 3.63) is 29.3 Å². The summed E-state index contributed by atoms with van der Waals surface area (Å²) in [6.45, 7) is 2.02. The topological polar surface area (TPSA) is 62.1 Å². The third kappa shape index (κ3) is 2.74. The first kappa shape index (κ1) is 12.1. The number of carbonyl (C=O) groups is 1. The summed E-state index contributed by atoms with van der Waals surface area (Å²) in [4.78, 5) is 11.6. The molecule has 4 nitrogen and oxygen atoms in total. The van der Waals surface area contributed by atoms with Crippen molar-refractivity contribution < 1.29 is 9.53 Å². The average molecular weight is 218 g/mol. The summed E-state index contributed by atoms with van der Waals surface area (Å²) >= 11 is 0. The molecule has 0 aliphatic heterocycles. The van der Waals surface area contributed by atoms with Crippen molar-refractivity contribution in [1.29, 1.82) is 5.26 Å². The van der Waals surface area contributed by atoms with Crippen LogP contribution < -0.4 is 10.1 Å². The summed E-state index contributed by atoms with van der Waals surface area (Å²) in [5, 5.41) is 10.9. The first-order chi connectivity index (χ1) is 7.72. The van der Waals surface area contributed by atoms with Crippen LogP contribution in [0.4, 0.5) is 0 Å². The van der Waals surface area contributed by atoms with E-state index >= 15 is 0 Å². The smallest absolute Gasteiger partial charge is 0.252 e. The van der Waals surface area contributed by atoms with Gasteiger partial charge in [0.25, 0.3) is 5.91 Å². The lowest BCUT2D eigenvalue weighted by molar-refractivity contribution is 0.0958. The summed E-state index contributed by atoms with van der Waals surface area (Å²) in [6.07, 6.45) is 0.794. The van der Waals surface area contributed by atoms with Gasteiger partial charge in [-0.2, -0.15) is 5.26 Å². The average Bonchev–Trinajstić information content (AvgIpc) is 2.34. The zero-order valence-corrected chi connectivity index (χ0v) is 9.41. The van der Waals surface area contributed by atoms with Crippen molar-refractivity contribution >= 4 is 5.91 Å². The van der Waals surface area contributed by atoms with Gasteiger partial charge >= 0.3 is 0 Å². The fourth-order valence-electron chi connectivity index (χ4n) is 1.42. The van der Waals surface area contributed by atoms with Crippen LogP contribution in [0.5, 0.6) is 5.75 Å². The molecule has 0 unspecified atom stereocenters. The van der Waals surface area contributed by atoms with E-state index in [2.05, 4.69) is 5.32 Å². The second kappa shape index (κ2) is 5.76. The van der Waals surface area contributed by atoms with Gasteiger partial charge in [-0.3, -0.25) is 4.79 Å². The van der Waals surface area contributed by atoms with E-state index in [9.17, 15) is 4.79 Å². The summed E-state index contributed by atoms with van der Waals surface area (Å²) in [7, 11) is 1.60. The number of rotatable bonds is 4. The monoisotopic (exact) mass is 218 g/mol. The fraction of sp³-hybridized carbons (Fsp3) is 0.333. The Morgan fingerprint density at radius 3 is 2.88 bits per heavy atom. The lowest BCUT2D eigenvalue weighted by atomic mass is 10.1. The maximum atomic E-state index is 11.6. The number of aryl methyl sites for hydroxylation is 1. The molecule has 1 amide bonds. The summed E-state index contributed by atoms with van der Waals surface area (Å²) < 4.78 is 5.17.